The number of carbonyl (C=O) groups is 3. The standard InChI is InChI=1S/C24H23F5N2O5/c25-19-17(9-10-18(20(19)26)36-16-7-3-14(4-8-16)23(34)35)22(33)31-12-11-30-21(32)13-1-5-15(6-2-13)24(27,28)29/h1-2,5-6,9-10,14,16H,3-4,7-8,11-12H2,(H,30,32)(H,31,33)(H,34,35)/t14-,16+. The molecule has 0 aliphatic heterocycles. The van der Waals surface area contributed by atoms with Crippen LogP contribution in [0.3, 0.4) is 0 Å². The van der Waals surface area contributed by atoms with Crippen LogP contribution in [0, 0.1) is 17.6 Å². The summed E-state index contributed by atoms with van der Waals surface area (Å²) in [4.78, 5) is 35.3. The molecule has 1 aliphatic rings. The maximum absolute atomic E-state index is 14.5. The molecule has 0 bridgehead atoms. The smallest absolute Gasteiger partial charge is 0.416 e. The van der Waals surface area contributed by atoms with Gasteiger partial charge in [-0.3, -0.25) is 14.4 Å². The van der Waals surface area contributed by atoms with Crippen LogP contribution >= 0.6 is 0 Å². The van der Waals surface area contributed by atoms with Crippen LogP contribution in [0.15, 0.2) is 36.4 Å². The zero-order chi connectivity index (χ0) is 26.5. The van der Waals surface area contributed by atoms with Gasteiger partial charge in [0.15, 0.2) is 11.6 Å². The van der Waals surface area contributed by atoms with Gasteiger partial charge >= 0.3 is 12.1 Å². The number of hydrogen-bond donors (Lipinski definition) is 3. The van der Waals surface area contributed by atoms with Crippen LogP contribution in [-0.2, 0) is 11.0 Å². The van der Waals surface area contributed by atoms with Gasteiger partial charge in [0.05, 0.1) is 23.1 Å². The lowest BCUT2D eigenvalue weighted by molar-refractivity contribution is -0.143. The van der Waals surface area contributed by atoms with Crippen molar-refractivity contribution in [1.29, 1.82) is 0 Å². The van der Waals surface area contributed by atoms with Gasteiger partial charge < -0.3 is 20.5 Å². The fourth-order valence-electron chi connectivity index (χ4n) is 3.77. The fraction of sp³-hybridized carbons (Fsp3) is 0.375. The predicted molar refractivity (Wildman–Crippen MR) is 116 cm³/mol. The molecule has 0 heterocycles. The Morgan fingerprint density at radius 3 is 2.00 bits per heavy atom. The summed E-state index contributed by atoms with van der Waals surface area (Å²) in [6.45, 7) is -0.271. The Kier molecular flexibility index (Phi) is 8.49. The maximum atomic E-state index is 14.5. The summed E-state index contributed by atoms with van der Waals surface area (Å²) in [5.41, 5.74) is -1.50. The molecule has 2 aromatic rings. The molecule has 2 amide bonds. The summed E-state index contributed by atoms with van der Waals surface area (Å²) < 4.78 is 72.2. The van der Waals surface area contributed by atoms with E-state index in [4.69, 9.17) is 9.84 Å². The van der Waals surface area contributed by atoms with E-state index < -0.39 is 58.7 Å². The molecule has 2 aromatic carbocycles. The molecule has 1 aliphatic carbocycles. The topological polar surface area (TPSA) is 105 Å². The number of alkyl halides is 3. The molecule has 12 heteroatoms. The van der Waals surface area contributed by atoms with E-state index in [0.29, 0.717) is 25.7 Å². The molecule has 0 spiro atoms. The molecule has 1 saturated carbocycles. The van der Waals surface area contributed by atoms with Crippen molar-refractivity contribution in [1.82, 2.24) is 10.6 Å². The van der Waals surface area contributed by atoms with E-state index >= 15 is 0 Å². The summed E-state index contributed by atoms with van der Waals surface area (Å²) in [5, 5.41) is 13.7. The third kappa shape index (κ3) is 6.70. The van der Waals surface area contributed by atoms with Crippen molar-refractivity contribution in [3.8, 4) is 5.75 Å². The van der Waals surface area contributed by atoms with Gasteiger partial charge in [-0.2, -0.15) is 17.6 Å². The van der Waals surface area contributed by atoms with Gasteiger partial charge in [0.2, 0.25) is 5.82 Å². The molecular weight excluding hydrogens is 491 g/mol. The highest BCUT2D eigenvalue weighted by Crippen LogP contribution is 2.31. The highest BCUT2D eigenvalue weighted by Gasteiger charge is 2.30. The Balaban J connectivity index is 1.48. The fourth-order valence-corrected chi connectivity index (χ4v) is 3.77. The molecule has 1 fully saturated rings. The van der Waals surface area contributed by atoms with Crippen LogP contribution in [0.25, 0.3) is 0 Å². The number of halogens is 5. The molecule has 0 atom stereocenters. The normalized spacial score (nSPS) is 17.8. The van der Waals surface area contributed by atoms with Crippen molar-refractivity contribution in [3.05, 3.63) is 64.7 Å². The number of carboxylic acid groups (broad SMARTS) is 1. The molecule has 3 N–H and O–H groups in total. The Hall–Kier alpha value is -3.70. The summed E-state index contributed by atoms with van der Waals surface area (Å²) in [6.07, 6.45) is -3.53. The van der Waals surface area contributed by atoms with E-state index in [2.05, 4.69) is 10.6 Å². The summed E-state index contributed by atoms with van der Waals surface area (Å²) in [6, 6.07) is 5.72. The second-order valence-corrected chi connectivity index (χ2v) is 8.26. The van der Waals surface area contributed by atoms with Gasteiger partial charge in [0, 0.05) is 18.7 Å². The zero-order valence-electron chi connectivity index (χ0n) is 18.8. The van der Waals surface area contributed by atoms with Gasteiger partial charge in [-0.1, -0.05) is 0 Å². The Labute approximate surface area is 202 Å². The third-order valence-electron chi connectivity index (χ3n) is 5.78. The average Bonchev–Trinajstić information content (AvgIpc) is 2.84. The van der Waals surface area contributed by atoms with E-state index in [0.717, 1.165) is 36.4 Å². The zero-order valence-corrected chi connectivity index (χ0v) is 18.8. The molecule has 0 unspecified atom stereocenters. The Bertz CT molecular complexity index is 1110. The number of benzene rings is 2. The van der Waals surface area contributed by atoms with E-state index in [9.17, 15) is 36.3 Å². The van der Waals surface area contributed by atoms with Crippen molar-refractivity contribution >= 4 is 17.8 Å². The van der Waals surface area contributed by atoms with Gasteiger partial charge in [-0.05, 0) is 62.1 Å². The monoisotopic (exact) mass is 514 g/mol. The lowest BCUT2D eigenvalue weighted by Gasteiger charge is -2.27. The van der Waals surface area contributed by atoms with Crippen molar-refractivity contribution in [3.63, 3.8) is 0 Å². The number of rotatable bonds is 8. The van der Waals surface area contributed by atoms with Crippen LogP contribution in [0.5, 0.6) is 5.75 Å². The molecule has 0 aromatic heterocycles. The Morgan fingerprint density at radius 2 is 1.44 bits per heavy atom. The number of ether oxygens (including phenoxy) is 1. The SMILES string of the molecule is O=C(NCCNC(=O)c1ccc(O[C@H]2CC[C@@H](C(=O)O)CC2)c(F)c1F)c1ccc(C(F)(F)F)cc1. The lowest BCUT2D eigenvalue weighted by atomic mass is 9.87. The van der Waals surface area contributed by atoms with Crippen LogP contribution in [0.4, 0.5) is 22.0 Å². The van der Waals surface area contributed by atoms with E-state index in [1.165, 1.54) is 0 Å². The number of amides is 2. The molecule has 3 rings (SSSR count). The summed E-state index contributed by atoms with van der Waals surface area (Å²) in [5.74, 6) is -6.15. The van der Waals surface area contributed by atoms with Crippen molar-refractivity contribution in [2.45, 2.75) is 38.0 Å². The summed E-state index contributed by atoms with van der Waals surface area (Å²) in [7, 11) is 0. The number of nitrogens with one attached hydrogen (secondary N) is 2. The van der Waals surface area contributed by atoms with Crippen LogP contribution < -0.4 is 15.4 Å². The van der Waals surface area contributed by atoms with Gasteiger partial charge in [-0.15, -0.1) is 0 Å². The minimum absolute atomic E-state index is 0.0190. The number of hydrogen-bond acceptors (Lipinski definition) is 4. The quantitative estimate of drug-likeness (QED) is 0.363. The third-order valence-corrected chi connectivity index (χ3v) is 5.78. The molecule has 194 valence electrons. The first-order chi connectivity index (χ1) is 17.0. The molecular formula is C24H23F5N2O5. The van der Waals surface area contributed by atoms with Crippen LogP contribution in [-0.4, -0.2) is 42.1 Å². The minimum atomic E-state index is -4.53. The Morgan fingerprint density at radius 1 is 0.861 bits per heavy atom. The first-order valence-corrected chi connectivity index (χ1v) is 11.1. The maximum Gasteiger partial charge on any atom is 0.416 e. The average molecular weight is 514 g/mol. The number of aliphatic carboxylic acids is 1. The second-order valence-electron chi connectivity index (χ2n) is 8.26. The van der Waals surface area contributed by atoms with Crippen LogP contribution in [0.2, 0.25) is 0 Å². The van der Waals surface area contributed by atoms with Crippen LogP contribution in [0.1, 0.15) is 52.0 Å². The van der Waals surface area contributed by atoms with E-state index in [-0.39, 0.29) is 24.4 Å². The lowest BCUT2D eigenvalue weighted by Crippen LogP contribution is -2.35. The number of carbonyl (C=O) groups excluding carboxylic acids is 2. The first kappa shape index (κ1) is 26.9. The van der Waals surface area contributed by atoms with E-state index in [1.54, 1.807) is 0 Å². The van der Waals surface area contributed by atoms with Crippen molar-refractivity contribution in [2.75, 3.05) is 13.1 Å². The van der Waals surface area contributed by atoms with Crippen molar-refractivity contribution in [2.24, 2.45) is 5.92 Å². The predicted octanol–water partition coefficient (Wildman–Crippen LogP) is 4.17. The van der Waals surface area contributed by atoms with Gasteiger partial charge in [-0.25, -0.2) is 4.39 Å². The van der Waals surface area contributed by atoms with Gasteiger partial charge in [0.1, 0.15) is 0 Å². The highest BCUT2D eigenvalue weighted by atomic mass is 19.4. The highest BCUT2D eigenvalue weighted by molar-refractivity contribution is 5.95. The molecule has 0 saturated heterocycles. The number of carboxylic acids is 1. The van der Waals surface area contributed by atoms with Gasteiger partial charge in [0.25, 0.3) is 11.8 Å². The van der Waals surface area contributed by atoms with Crippen molar-refractivity contribution < 1.29 is 46.2 Å². The molecule has 0 radical (unpaired) electrons. The summed E-state index contributed by atoms with van der Waals surface area (Å²) >= 11 is 0. The minimum Gasteiger partial charge on any atom is -0.487 e. The second kappa shape index (κ2) is 11.4. The van der Waals surface area contributed by atoms with E-state index in [1.807, 2.05) is 0 Å². The first-order valence-electron chi connectivity index (χ1n) is 11.1. The molecule has 36 heavy (non-hydrogen) atoms. The molecule has 7 nitrogen and oxygen atoms in total. The largest absolute Gasteiger partial charge is 0.487 e.